The molecule has 0 aromatic carbocycles. The molecule has 0 saturated carbocycles. The fourth-order valence-corrected chi connectivity index (χ4v) is 1.34. The number of carboxylic acid groups (broad SMARTS) is 1. The monoisotopic (exact) mass is 233 g/mol. The SMILES string of the molecule is O=C(O)C(=O)Cc1c(Cl)cncc1Cl. The molecule has 0 bridgehead atoms. The summed E-state index contributed by atoms with van der Waals surface area (Å²) in [6, 6.07) is 0. The molecule has 74 valence electrons. The number of carbonyl (C=O) groups excluding carboxylic acids is 1. The van der Waals surface area contributed by atoms with E-state index in [2.05, 4.69) is 4.98 Å². The first kappa shape index (κ1) is 10.9. The number of rotatable bonds is 3. The molecule has 1 N–H and O–H groups in total. The number of hydrogen-bond acceptors (Lipinski definition) is 3. The summed E-state index contributed by atoms with van der Waals surface area (Å²) in [4.78, 5) is 24.8. The van der Waals surface area contributed by atoms with Crippen molar-refractivity contribution < 1.29 is 14.7 Å². The van der Waals surface area contributed by atoms with E-state index in [4.69, 9.17) is 28.3 Å². The molecule has 6 heteroatoms. The molecule has 1 aromatic heterocycles. The predicted octanol–water partition coefficient (Wildman–Crippen LogP) is 1.58. The van der Waals surface area contributed by atoms with Gasteiger partial charge in [0.05, 0.1) is 10.0 Å². The number of nitrogens with zero attached hydrogens (tertiary/aromatic N) is 1. The van der Waals surface area contributed by atoms with E-state index in [0.717, 1.165) is 0 Å². The summed E-state index contributed by atoms with van der Waals surface area (Å²) >= 11 is 11.4. The maximum atomic E-state index is 10.9. The summed E-state index contributed by atoms with van der Waals surface area (Å²) in [5, 5.41) is 8.75. The number of ketones is 1. The summed E-state index contributed by atoms with van der Waals surface area (Å²) < 4.78 is 0. The van der Waals surface area contributed by atoms with Gasteiger partial charge in [-0.3, -0.25) is 9.78 Å². The second-order valence-electron chi connectivity index (χ2n) is 2.49. The molecule has 0 unspecified atom stereocenters. The van der Waals surface area contributed by atoms with Gasteiger partial charge in [-0.2, -0.15) is 0 Å². The van der Waals surface area contributed by atoms with Crippen LogP contribution in [0.3, 0.4) is 0 Å². The highest BCUT2D eigenvalue weighted by Crippen LogP contribution is 2.23. The highest BCUT2D eigenvalue weighted by molar-refractivity contribution is 6.38. The molecular weight excluding hydrogens is 229 g/mol. The summed E-state index contributed by atoms with van der Waals surface area (Å²) in [7, 11) is 0. The summed E-state index contributed by atoms with van der Waals surface area (Å²) in [5.41, 5.74) is 0.288. The Labute approximate surface area is 89.5 Å². The van der Waals surface area contributed by atoms with Crippen LogP contribution in [-0.2, 0) is 16.0 Å². The van der Waals surface area contributed by atoms with Crippen molar-refractivity contribution in [2.45, 2.75) is 6.42 Å². The Balaban J connectivity index is 2.97. The number of halogens is 2. The van der Waals surface area contributed by atoms with Crippen molar-refractivity contribution in [3.05, 3.63) is 28.0 Å². The molecule has 14 heavy (non-hydrogen) atoms. The zero-order chi connectivity index (χ0) is 10.7. The van der Waals surface area contributed by atoms with Crippen molar-refractivity contribution in [2.24, 2.45) is 0 Å². The first-order valence-corrected chi connectivity index (χ1v) is 4.32. The van der Waals surface area contributed by atoms with Crippen molar-refractivity contribution in [1.29, 1.82) is 0 Å². The van der Waals surface area contributed by atoms with Crippen molar-refractivity contribution in [3.63, 3.8) is 0 Å². The second kappa shape index (κ2) is 4.39. The van der Waals surface area contributed by atoms with E-state index < -0.39 is 11.8 Å². The molecule has 1 heterocycles. The number of pyridine rings is 1. The third-order valence-electron chi connectivity index (χ3n) is 1.53. The molecule has 0 radical (unpaired) electrons. The van der Waals surface area contributed by atoms with Gasteiger partial charge in [0.25, 0.3) is 0 Å². The Hall–Kier alpha value is -1.13. The van der Waals surface area contributed by atoms with Crippen molar-refractivity contribution in [1.82, 2.24) is 4.98 Å². The van der Waals surface area contributed by atoms with Crippen LogP contribution in [0.15, 0.2) is 12.4 Å². The smallest absolute Gasteiger partial charge is 0.372 e. The molecule has 0 aliphatic carbocycles. The van der Waals surface area contributed by atoms with Crippen molar-refractivity contribution in [2.75, 3.05) is 0 Å². The van der Waals surface area contributed by atoms with Gasteiger partial charge in [-0.05, 0) is 0 Å². The van der Waals surface area contributed by atoms with Crippen LogP contribution in [0.25, 0.3) is 0 Å². The zero-order valence-electron chi connectivity index (χ0n) is 6.83. The third-order valence-corrected chi connectivity index (χ3v) is 2.18. The summed E-state index contributed by atoms with van der Waals surface area (Å²) in [6.07, 6.45) is 2.28. The van der Waals surface area contributed by atoms with Gasteiger partial charge >= 0.3 is 5.97 Å². The lowest BCUT2D eigenvalue weighted by atomic mass is 10.1. The summed E-state index contributed by atoms with van der Waals surface area (Å²) in [6.45, 7) is 0. The predicted molar refractivity (Wildman–Crippen MR) is 50.6 cm³/mol. The minimum atomic E-state index is -1.51. The number of carboxylic acids is 1. The first-order valence-electron chi connectivity index (χ1n) is 3.56. The number of aliphatic carboxylic acids is 1. The maximum Gasteiger partial charge on any atom is 0.372 e. The largest absolute Gasteiger partial charge is 0.475 e. The molecule has 0 atom stereocenters. The number of Topliss-reactive ketones (excluding diaryl/α,β-unsaturated/α-hetero) is 1. The van der Waals surface area contributed by atoms with Gasteiger partial charge in [0.2, 0.25) is 5.78 Å². The van der Waals surface area contributed by atoms with E-state index in [1.165, 1.54) is 12.4 Å². The van der Waals surface area contributed by atoms with E-state index in [1.807, 2.05) is 0 Å². The number of hydrogen-bond donors (Lipinski definition) is 1. The molecule has 1 aromatic rings. The number of carbonyl (C=O) groups is 2. The zero-order valence-corrected chi connectivity index (χ0v) is 8.34. The van der Waals surface area contributed by atoms with Gasteiger partial charge in [0, 0.05) is 24.4 Å². The first-order chi connectivity index (χ1) is 6.52. The molecule has 0 spiro atoms. The highest BCUT2D eigenvalue weighted by atomic mass is 35.5. The van der Waals surface area contributed by atoms with Gasteiger partial charge < -0.3 is 5.11 Å². The normalized spacial score (nSPS) is 9.86. The van der Waals surface area contributed by atoms with Crippen molar-refractivity contribution >= 4 is 35.0 Å². The fraction of sp³-hybridized carbons (Fsp3) is 0.125. The minimum absolute atomic E-state index is 0.187. The van der Waals surface area contributed by atoms with Crippen molar-refractivity contribution in [3.8, 4) is 0 Å². The lowest BCUT2D eigenvalue weighted by Gasteiger charge is -2.02. The van der Waals surface area contributed by atoms with E-state index >= 15 is 0 Å². The number of aromatic nitrogens is 1. The van der Waals surface area contributed by atoms with E-state index in [0.29, 0.717) is 0 Å². The van der Waals surface area contributed by atoms with Crippen LogP contribution in [-0.4, -0.2) is 21.8 Å². The Bertz CT molecular complexity index is 372. The van der Waals surface area contributed by atoms with Crippen LogP contribution in [0.2, 0.25) is 10.0 Å². The van der Waals surface area contributed by atoms with Crippen LogP contribution in [0.5, 0.6) is 0 Å². The van der Waals surface area contributed by atoms with Gasteiger partial charge in [-0.25, -0.2) is 4.79 Å². The average molecular weight is 234 g/mol. The molecule has 0 aliphatic rings. The lowest BCUT2D eigenvalue weighted by Crippen LogP contribution is -2.15. The lowest BCUT2D eigenvalue weighted by molar-refractivity contribution is -0.148. The van der Waals surface area contributed by atoms with Crippen LogP contribution in [0.4, 0.5) is 0 Å². The van der Waals surface area contributed by atoms with Crippen LogP contribution in [0.1, 0.15) is 5.56 Å². The maximum absolute atomic E-state index is 10.9. The molecular formula is C8H5Cl2NO3. The molecule has 0 saturated heterocycles. The van der Waals surface area contributed by atoms with Crippen LogP contribution >= 0.6 is 23.2 Å². The van der Waals surface area contributed by atoms with E-state index in [-0.39, 0.29) is 22.0 Å². The Morgan fingerprint density at radius 2 is 1.79 bits per heavy atom. The molecule has 4 nitrogen and oxygen atoms in total. The molecule has 1 rings (SSSR count). The van der Waals surface area contributed by atoms with E-state index in [1.54, 1.807) is 0 Å². The highest BCUT2D eigenvalue weighted by Gasteiger charge is 2.16. The van der Waals surface area contributed by atoms with Crippen LogP contribution in [0, 0.1) is 0 Å². The molecule has 0 aliphatic heterocycles. The molecule has 0 fully saturated rings. The van der Waals surface area contributed by atoms with Crippen LogP contribution < -0.4 is 0 Å². The Morgan fingerprint density at radius 1 is 1.29 bits per heavy atom. The summed E-state index contributed by atoms with van der Waals surface area (Å²) in [5.74, 6) is -2.46. The third kappa shape index (κ3) is 2.43. The quantitative estimate of drug-likeness (QED) is 0.806. The minimum Gasteiger partial charge on any atom is -0.475 e. The Kier molecular flexibility index (Phi) is 3.43. The standard InChI is InChI=1S/C8H5Cl2NO3/c9-5-2-11-3-6(10)4(5)1-7(12)8(13)14/h2-3H,1H2,(H,13,14). The fourth-order valence-electron chi connectivity index (χ4n) is 0.843. The molecule has 0 amide bonds. The Morgan fingerprint density at radius 3 is 2.21 bits per heavy atom. The topological polar surface area (TPSA) is 67.3 Å². The van der Waals surface area contributed by atoms with Gasteiger partial charge in [0.15, 0.2) is 0 Å². The second-order valence-corrected chi connectivity index (χ2v) is 3.30. The van der Waals surface area contributed by atoms with Gasteiger partial charge in [-0.15, -0.1) is 0 Å². The van der Waals surface area contributed by atoms with E-state index in [9.17, 15) is 9.59 Å². The average Bonchev–Trinajstić information content (AvgIpc) is 2.11. The van der Waals surface area contributed by atoms with Gasteiger partial charge in [0.1, 0.15) is 0 Å². The van der Waals surface area contributed by atoms with Gasteiger partial charge in [-0.1, -0.05) is 23.2 Å².